The van der Waals surface area contributed by atoms with Gasteiger partial charge in [-0.25, -0.2) is 0 Å². The summed E-state index contributed by atoms with van der Waals surface area (Å²) in [7, 11) is 1.88. The van der Waals surface area contributed by atoms with Crippen LogP contribution >= 0.6 is 0 Å². The van der Waals surface area contributed by atoms with Gasteiger partial charge in [-0.2, -0.15) is 0 Å². The highest BCUT2D eigenvalue weighted by Gasteiger charge is 2.22. The molecule has 0 saturated carbocycles. The van der Waals surface area contributed by atoms with Crippen LogP contribution in [0.1, 0.15) is 26.2 Å². The highest BCUT2D eigenvalue weighted by atomic mass is 16.3. The van der Waals surface area contributed by atoms with Crippen LogP contribution in [0.5, 0.6) is 0 Å². The number of aliphatic hydroxyl groups excluding tert-OH is 1. The van der Waals surface area contributed by atoms with Crippen molar-refractivity contribution < 1.29 is 5.11 Å². The van der Waals surface area contributed by atoms with Gasteiger partial charge in [0, 0.05) is 19.6 Å². The summed E-state index contributed by atoms with van der Waals surface area (Å²) in [6, 6.07) is 0. The lowest BCUT2D eigenvalue weighted by atomic mass is 10.0. The summed E-state index contributed by atoms with van der Waals surface area (Å²) in [5, 5.41) is 12.6. The number of nitrogens with zero attached hydrogens (tertiary/aromatic N) is 1. The number of aliphatic hydroxyl groups is 1. The maximum atomic E-state index is 9.62. The average Bonchev–Trinajstić information content (AvgIpc) is 2.53. The van der Waals surface area contributed by atoms with Crippen LogP contribution in [0, 0.1) is 5.92 Å². The highest BCUT2D eigenvalue weighted by molar-refractivity contribution is 4.77. The zero-order valence-corrected chi connectivity index (χ0v) is 9.50. The van der Waals surface area contributed by atoms with Crippen LogP contribution in [-0.2, 0) is 0 Å². The summed E-state index contributed by atoms with van der Waals surface area (Å²) >= 11 is 0. The number of hydrogen-bond acceptors (Lipinski definition) is 3. The SMILES string of the molecule is CCCC1CCN(CC(O)CNC)C1. The number of nitrogens with one attached hydrogen (secondary N) is 1. The first-order chi connectivity index (χ1) is 6.76. The second-order valence-electron chi connectivity index (χ2n) is 4.41. The molecule has 3 nitrogen and oxygen atoms in total. The van der Waals surface area contributed by atoms with Gasteiger partial charge in [-0.1, -0.05) is 13.3 Å². The fourth-order valence-corrected chi connectivity index (χ4v) is 2.32. The Balaban J connectivity index is 2.15. The van der Waals surface area contributed by atoms with Gasteiger partial charge in [0.25, 0.3) is 0 Å². The molecule has 1 rings (SSSR count). The van der Waals surface area contributed by atoms with Gasteiger partial charge in [0.05, 0.1) is 6.10 Å². The average molecular weight is 200 g/mol. The van der Waals surface area contributed by atoms with E-state index in [1.54, 1.807) is 0 Å². The Labute approximate surface area is 87.5 Å². The Morgan fingerprint density at radius 2 is 2.36 bits per heavy atom. The number of likely N-dealkylation sites (N-methyl/N-ethyl adjacent to an activating group) is 1. The predicted molar refractivity (Wildman–Crippen MR) is 59.4 cm³/mol. The van der Waals surface area contributed by atoms with E-state index in [4.69, 9.17) is 0 Å². The molecule has 0 aromatic heterocycles. The van der Waals surface area contributed by atoms with Crippen molar-refractivity contribution >= 4 is 0 Å². The van der Waals surface area contributed by atoms with Crippen LogP contribution in [0.25, 0.3) is 0 Å². The molecule has 0 bridgehead atoms. The van der Waals surface area contributed by atoms with Gasteiger partial charge in [-0.05, 0) is 32.4 Å². The minimum atomic E-state index is -0.208. The maximum absolute atomic E-state index is 9.62. The lowest BCUT2D eigenvalue weighted by Crippen LogP contribution is -2.36. The topological polar surface area (TPSA) is 35.5 Å². The van der Waals surface area contributed by atoms with Crippen LogP contribution in [0.2, 0.25) is 0 Å². The lowest BCUT2D eigenvalue weighted by Gasteiger charge is -2.19. The van der Waals surface area contributed by atoms with Crippen molar-refractivity contribution in [2.75, 3.05) is 33.2 Å². The molecule has 1 fully saturated rings. The van der Waals surface area contributed by atoms with Crippen molar-refractivity contribution in [2.45, 2.75) is 32.3 Å². The maximum Gasteiger partial charge on any atom is 0.0791 e. The molecular weight excluding hydrogens is 176 g/mol. The van der Waals surface area contributed by atoms with Crippen molar-refractivity contribution in [3.8, 4) is 0 Å². The molecule has 0 radical (unpaired) electrons. The monoisotopic (exact) mass is 200 g/mol. The van der Waals surface area contributed by atoms with E-state index >= 15 is 0 Å². The van der Waals surface area contributed by atoms with E-state index in [9.17, 15) is 5.11 Å². The fraction of sp³-hybridized carbons (Fsp3) is 1.00. The Morgan fingerprint density at radius 3 is 3.00 bits per heavy atom. The van der Waals surface area contributed by atoms with Crippen LogP contribution in [-0.4, -0.2) is 49.3 Å². The van der Waals surface area contributed by atoms with Crippen molar-refractivity contribution in [3.05, 3.63) is 0 Å². The van der Waals surface area contributed by atoms with Gasteiger partial charge < -0.3 is 15.3 Å². The number of likely N-dealkylation sites (tertiary alicyclic amines) is 1. The summed E-state index contributed by atoms with van der Waals surface area (Å²) in [5.74, 6) is 0.877. The van der Waals surface area contributed by atoms with Crippen molar-refractivity contribution in [3.63, 3.8) is 0 Å². The Kier molecular flexibility index (Phi) is 5.45. The smallest absolute Gasteiger partial charge is 0.0791 e. The third-order valence-corrected chi connectivity index (χ3v) is 2.98. The second kappa shape index (κ2) is 6.38. The van der Waals surface area contributed by atoms with Gasteiger partial charge in [0.2, 0.25) is 0 Å². The van der Waals surface area contributed by atoms with Crippen molar-refractivity contribution in [1.29, 1.82) is 0 Å². The Bertz CT molecular complexity index is 152. The minimum Gasteiger partial charge on any atom is -0.390 e. The van der Waals surface area contributed by atoms with Gasteiger partial charge >= 0.3 is 0 Å². The highest BCUT2D eigenvalue weighted by Crippen LogP contribution is 2.20. The van der Waals surface area contributed by atoms with Gasteiger partial charge in [-0.3, -0.25) is 0 Å². The standard InChI is InChI=1S/C11H24N2O/c1-3-4-10-5-6-13(8-10)9-11(14)7-12-2/h10-12,14H,3-9H2,1-2H3. The van der Waals surface area contributed by atoms with Gasteiger partial charge in [0.1, 0.15) is 0 Å². The molecule has 14 heavy (non-hydrogen) atoms. The van der Waals surface area contributed by atoms with E-state index in [0.29, 0.717) is 6.54 Å². The predicted octanol–water partition coefficient (Wildman–Crippen LogP) is 0.689. The van der Waals surface area contributed by atoms with Crippen LogP contribution in [0.3, 0.4) is 0 Å². The molecular formula is C11H24N2O. The molecule has 84 valence electrons. The quantitative estimate of drug-likeness (QED) is 0.662. The first kappa shape index (κ1) is 12.0. The largest absolute Gasteiger partial charge is 0.390 e. The molecule has 2 unspecified atom stereocenters. The lowest BCUT2D eigenvalue weighted by molar-refractivity contribution is 0.123. The van der Waals surface area contributed by atoms with E-state index in [1.807, 2.05) is 7.05 Å². The van der Waals surface area contributed by atoms with Crippen molar-refractivity contribution in [1.82, 2.24) is 10.2 Å². The molecule has 2 N–H and O–H groups in total. The van der Waals surface area contributed by atoms with Crippen LogP contribution in [0.4, 0.5) is 0 Å². The summed E-state index contributed by atoms with van der Waals surface area (Å²) < 4.78 is 0. The molecule has 1 saturated heterocycles. The first-order valence-electron chi connectivity index (χ1n) is 5.81. The third kappa shape index (κ3) is 3.95. The number of hydrogen-bond donors (Lipinski definition) is 2. The van der Waals surface area contributed by atoms with Crippen LogP contribution in [0.15, 0.2) is 0 Å². The summed E-state index contributed by atoms with van der Waals surface area (Å²) in [4.78, 5) is 2.39. The van der Waals surface area contributed by atoms with E-state index in [0.717, 1.165) is 12.5 Å². The van der Waals surface area contributed by atoms with E-state index in [1.165, 1.54) is 32.4 Å². The molecule has 0 aromatic rings. The number of rotatable bonds is 6. The summed E-state index contributed by atoms with van der Waals surface area (Å²) in [5.41, 5.74) is 0. The van der Waals surface area contributed by atoms with E-state index < -0.39 is 0 Å². The molecule has 2 atom stereocenters. The molecule has 0 aliphatic carbocycles. The second-order valence-corrected chi connectivity index (χ2v) is 4.41. The number of β-amino-alcohol motifs (C(OH)–C–C–N with tert-alkyl or cyclic N) is 1. The molecule has 3 heteroatoms. The van der Waals surface area contributed by atoms with Crippen LogP contribution < -0.4 is 5.32 Å². The van der Waals surface area contributed by atoms with E-state index in [-0.39, 0.29) is 6.10 Å². The Hall–Kier alpha value is -0.120. The van der Waals surface area contributed by atoms with Gasteiger partial charge in [-0.15, -0.1) is 0 Å². The molecule has 1 aliphatic heterocycles. The van der Waals surface area contributed by atoms with Crippen molar-refractivity contribution in [2.24, 2.45) is 5.92 Å². The molecule has 1 aliphatic rings. The molecule has 0 aromatic carbocycles. The molecule has 1 heterocycles. The fourth-order valence-electron chi connectivity index (χ4n) is 2.32. The normalized spacial score (nSPS) is 25.5. The molecule has 0 amide bonds. The zero-order chi connectivity index (χ0) is 10.4. The Morgan fingerprint density at radius 1 is 1.57 bits per heavy atom. The van der Waals surface area contributed by atoms with Gasteiger partial charge in [0.15, 0.2) is 0 Å². The third-order valence-electron chi connectivity index (χ3n) is 2.98. The zero-order valence-electron chi connectivity index (χ0n) is 9.50. The summed E-state index contributed by atoms with van der Waals surface area (Å²) in [6.45, 7) is 6.15. The van der Waals surface area contributed by atoms with E-state index in [2.05, 4.69) is 17.1 Å². The first-order valence-corrected chi connectivity index (χ1v) is 5.81. The molecule has 0 spiro atoms. The minimum absolute atomic E-state index is 0.208. The summed E-state index contributed by atoms with van der Waals surface area (Å²) in [6.07, 6.45) is 3.75.